The van der Waals surface area contributed by atoms with Crippen molar-refractivity contribution < 1.29 is 14.3 Å². The maximum absolute atomic E-state index is 11.4. The number of amides is 1. The van der Waals surface area contributed by atoms with Crippen molar-refractivity contribution in [2.75, 3.05) is 31.2 Å². The van der Waals surface area contributed by atoms with Crippen molar-refractivity contribution in [1.29, 1.82) is 0 Å². The maximum Gasteiger partial charge on any atom is 0.428 e. The molecular weight excluding hydrogens is 282 g/mol. The third-order valence-electron chi connectivity index (χ3n) is 3.04. The van der Waals surface area contributed by atoms with E-state index in [0.29, 0.717) is 0 Å². The van der Waals surface area contributed by atoms with Crippen molar-refractivity contribution in [3.63, 3.8) is 0 Å². The Balaban J connectivity index is 1.85. The van der Waals surface area contributed by atoms with E-state index in [1.54, 1.807) is 27.0 Å². The Morgan fingerprint density at radius 3 is 2.50 bits per heavy atom. The van der Waals surface area contributed by atoms with Gasteiger partial charge in [0.2, 0.25) is 0 Å². The highest BCUT2D eigenvalue weighted by molar-refractivity contribution is 5.81. The zero-order valence-corrected chi connectivity index (χ0v) is 13.3. The Bertz CT molecular complexity index is 514. The number of nitrogens with zero attached hydrogens (tertiary/aromatic N) is 2. The molecule has 0 spiro atoms. The standard InChI is InChI=1S/C16H23N3O3/c1-16(2,3)22-15(20)18-17-12-13-4-6-14(7-5-13)19-8-10-21-11-9-19/h4-7,12H,8-11H2,1-3H3,(H,18,20)/b17-12-. The lowest BCUT2D eigenvalue weighted by Gasteiger charge is -2.28. The number of hydrogen-bond acceptors (Lipinski definition) is 5. The lowest BCUT2D eigenvalue weighted by atomic mass is 10.2. The molecule has 1 aromatic rings. The third-order valence-corrected chi connectivity index (χ3v) is 3.04. The van der Waals surface area contributed by atoms with Gasteiger partial charge in [0.1, 0.15) is 5.60 Å². The summed E-state index contributed by atoms with van der Waals surface area (Å²) in [5.41, 5.74) is 3.90. The van der Waals surface area contributed by atoms with Crippen molar-refractivity contribution in [1.82, 2.24) is 5.43 Å². The summed E-state index contributed by atoms with van der Waals surface area (Å²) in [5, 5.41) is 3.88. The predicted molar refractivity (Wildman–Crippen MR) is 86.4 cm³/mol. The SMILES string of the molecule is CC(C)(C)OC(=O)N/N=C\c1ccc(N2CCOCC2)cc1. The van der Waals surface area contributed by atoms with Gasteiger partial charge in [-0.05, 0) is 38.5 Å². The molecule has 1 aromatic carbocycles. The van der Waals surface area contributed by atoms with Crippen LogP contribution in [0.4, 0.5) is 10.5 Å². The van der Waals surface area contributed by atoms with Crippen molar-refractivity contribution in [2.24, 2.45) is 5.10 Å². The van der Waals surface area contributed by atoms with Gasteiger partial charge >= 0.3 is 6.09 Å². The number of ether oxygens (including phenoxy) is 2. The Morgan fingerprint density at radius 2 is 1.91 bits per heavy atom. The van der Waals surface area contributed by atoms with Crippen molar-refractivity contribution in [3.05, 3.63) is 29.8 Å². The Kier molecular flexibility index (Phi) is 5.38. The fourth-order valence-electron chi connectivity index (χ4n) is 2.05. The topological polar surface area (TPSA) is 63.2 Å². The van der Waals surface area contributed by atoms with Crippen LogP contribution in [-0.2, 0) is 9.47 Å². The minimum atomic E-state index is -0.561. The molecule has 6 nitrogen and oxygen atoms in total. The molecule has 1 aliphatic rings. The zero-order chi connectivity index (χ0) is 16.0. The Hall–Kier alpha value is -2.08. The smallest absolute Gasteiger partial charge is 0.428 e. The van der Waals surface area contributed by atoms with Crippen LogP contribution >= 0.6 is 0 Å². The van der Waals surface area contributed by atoms with Gasteiger partial charge in [-0.25, -0.2) is 10.2 Å². The minimum Gasteiger partial charge on any atom is -0.443 e. The Morgan fingerprint density at radius 1 is 1.27 bits per heavy atom. The van der Waals surface area contributed by atoms with Crippen molar-refractivity contribution in [3.8, 4) is 0 Å². The van der Waals surface area contributed by atoms with Crippen LogP contribution in [0.2, 0.25) is 0 Å². The van der Waals surface area contributed by atoms with E-state index < -0.39 is 11.7 Å². The molecule has 0 unspecified atom stereocenters. The van der Waals surface area contributed by atoms with Crippen LogP contribution in [0.3, 0.4) is 0 Å². The fourth-order valence-corrected chi connectivity index (χ4v) is 2.05. The van der Waals surface area contributed by atoms with Crippen LogP contribution in [0.5, 0.6) is 0 Å². The number of benzene rings is 1. The van der Waals surface area contributed by atoms with E-state index in [9.17, 15) is 4.79 Å². The number of carbonyl (C=O) groups excluding carboxylic acids is 1. The lowest BCUT2D eigenvalue weighted by Crippen LogP contribution is -2.36. The number of nitrogens with one attached hydrogen (secondary N) is 1. The summed E-state index contributed by atoms with van der Waals surface area (Å²) >= 11 is 0. The highest BCUT2D eigenvalue weighted by Gasteiger charge is 2.15. The molecule has 1 heterocycles. The quantitative estimate of drug-likeness (QED) is 0.688. The molecular formula is C16H23N3O3. The van der Waals surface area contributed by atoms with E-state index in [2.05, 4.69) is 15.4 Å². The minimum absolute atomic E-state index is 0.528. The van der Waals surface area contributed by atoms with Gasteiger partial charge in [-0.15, -0.1) is 0 Å². The summed E-state index contributed by atoms with van der Waals surface area (Å²) in [6.45, 7) is 8.77. The second kappa shape index (κ2) is 7.26. The van der Waals surface area contributed by atoms with Gasteiger partial charge in [0.15, 0.2) is 0 Å². The number of hydrazone groups is 1. The first-order valence-corrected chi connectivity index (χ1v) is 7.39. The number of anilines is 1. The van der Waals surface area contributed by atoms with Crippen LogP contribution in [0.25, 0.3) is 0 Å². The van der Waals surface area contributed by atoms with Gasteiger partial charge in [0.05, 0.1) is 19.4 Å². The van der Waals surface area contributed by atoms with E-state index in [0.717, 1.165) is 31.9 Å². The lowest BCUT2D eigenvalue weighted by molar-refractivity contribution is 0.0529. The monoisotopic (exact) mass is 305 g/mol. The van der Waals surface area contributed by atoms with E-state index in [1.807, 2.05) is 24.3 Å². The molecule has 0 radical (unpaired) electrons. The fraction of sp³-hybridized carbons (Fsp3) is 0.500. The van der Waals surface area contributed by atoms with Gasteiger partial charge in [0.25, 0.3) is 0 Å². The first-order valence-electron chi connectivity index (χ1n) is 7.39. The number of carbonyl (C=O) groups is 1. The first kappa shape index (κ1) is 16.3. The molecule has 1 amide bonds. The van der Waals surface area contributed by atoms with Gasteiger partial charge in [0, 0.05) is 18.8 Å². The van der Waals surface area contributed by atoms with E-state index in [1.165, 1.54) is 5.69 Å². The Labute approximate surface area is 131 Å². The summed E-state index contributed by atoms with van der Waals surface area (Å²) in [6.07, 6.45) is 1.03. The van der Waals surface area contributed by atoms with E-state index in [-0.39, 0.29) is 0 Å². The molecule has 1 aliphatic heterocycles. The molecule has 0 saturated carbocycles. The van der Waals surface area contributed by atoms with Crippen molar-refractivity contribution >= 4 is 18.0 Å². The number of morpholine rings is 1. The van der Waals surface area contributed by atoms with Gasteiger partial charge in [-0.2, -0.15) is 5.10 Å². The summed E-state index contributed by atoms with van der Waals surface area (Å²) in [7, 11) is 0. The van der Waals surface area contributed by atoms with Crippen LogP contribution in [0, 0.1) is 0 Å². The van der Waals surface area contributed by atoms with Gasteiger partial charge in [-0.3, -0.25) is 0 Å². The predicted octanol–water partition coefficient (Wildman–Crippen LogP) is 2.38. The summed E-state index contributed by atoms with van der Waals surface area (Å²) in [4.78, 5) is 13.7. The first-order chi connectivity index (χ1) is 10.4. The van der Waals surface area contributed by atoms with E-state index >= 15 is 0 Å². The number of rotatable bonds is 3. The second-order valence-electron chi connectivity index (χ2n) is 6.06. The molecule has 0 bridgehead atoms. The normalized spacial score (nSPS) is 15.9. The highest BCUT2D eigenvalue weighted by atomic mass is 16.6. The molecule has 2 rings (SSSR count). The van der Waals surface area contributed by atoms with Crippen molar-refractivity contribution in [2.45, 2.75) is 26.4 Å². The van der Waals surface area contributed by atoms with Crippen LogP contribution in [0.1, 0.15) is 26.3 Å². The summed E-state index contributed by atoms with van der Waals surface area (Å²) in [5.74, 6) is 0. The van der Waals surface area contributed by atoms with Crippen LogP contribution < -0.4 is 10.3 Å². The van der Waals surface area contributed by atoms with Crippen LogP contribution in [0.15, 0.2) is 29.4 Å². The average Bonchev–Trinajstić information content (AvgIpc) is 2.47. The largest absolute Gasteiger partial charge is 0.443 e. The summed E-state index contributed by atoms with van der Waals surface area (Å²) in [6, 6.07) is 8.01. The second-order valence-corrected chi connectivity index (χ2v) is 6.06. The highest BCUT2D eigenvalue weighted by Crippen LogP contribution is 2.15. The third kappa shape index (κ3) is 5.37. The molecule has 22 heavy (non-hydrogen) atoms. The molecule has 6 heteroatoms. The molecule has 0 atom stereocenters. The molecule has 120 valence electrons. The summed E-state index contributed by atoms with van der Waals surface area (Å²) < 4.78 is 10.4. The van der Waals surface area contributed by atoms with Crippen LogP contribution in [-0.4, -0.2) is 44.2 Å². The van der Waals surface area contributed by atoms with Gasteiger partial charge < -0.3 is 14.4 Å². The molecule has 1 N–H and O–H groups in total. The maximum atomic E-state index is 11.4. The number of hydrogen-bond donors (Lipinski definition) is 1. The molecule has 0 aromatic heterocycles. The van der Waals surface area contributed by atoms with E-state index in [4.69, 9.17) is 9.47 Å². The molecule has 1 fully saturated rings. The molecule has 1 saturated heterocycles. The average molecular weight is 305 g/mol. The van der Waals surface area contributed by atoms with Gasteiger partial charge in [-0.1, -0.05) is 12.1 Å². The zero-order valence-electron chi connectivity index (χ0n) is 13.3. The molecule has 0 aliphatic carbocycles.